The number of nitrogens with zero attached hydrogens (tertiary/aromatic N) is 6. The van der Waals surface area contributed by atoms with E-state index in [1.807, 2.05) is 0 Å². The van der Waals surface area contributed by atoms with E-state index in [0.717, 1.165) is 13.1 Å². The Morgan fingerprint density at radius 3 is 2.54 bits per heavy atom. The number of hydrogen-bond acceptors (Lipinski definition) is 7. The first-order valence-corrected chi connectivity index (χ1v) is 11.7. The Kier molecular flexibility index (Phi) is 5.49. The van der Waals surface area contributed by atoms with Crippen molar-refractivity contribution >= 4 is 27.0 Å². The number of hydrogen-bond donors (Lipinski definition) is 0. The van der Waals surface area contributed by atoms with Crippen molar-refractivity contribution in [2.75, 3.05) is 26.3 Å². The summed E-state index contributed by atoms with van der Waals surface area (Å²) in [5, 5.41) is 6.92. The minimum atomic E-state index is -2.86. The smallest absolute Gasteiger partial charge is 0.329 e. The molecule has 1 aromatic carbocycles. The highest BCUT2D eigenvalue weighted by molar-refractivity contribution is 9.10. The number of imidazole rings is 1. The third-order valence-corrected chi connectivity index (χ3v) is 7.02. The van der Waals surface area contributed by atoms with Gasteiger partial charge in [0.25, 0.3) is 5.89 Å². The molecule has 35 heavy (non-hydrogen) atoms. The fraction of sp³-hybridized carbons (Fsp3) is 0.364. The summed E-state index contributed by atoms with van der Waals surface area (Å²) >= 11 is 3.23. The number of pyridine rings is 1. The summed E-state index contributed by atoms with van der Waals surface area (Å²) in [4.78, 5) is 20.1. The van der Waals surface area contributed by atoms with Gasteiger partial charge >= 0.3 is 12.1 Å². The van der Waals surface area contributed by atoms with E-state index in [9.17, 15) is 18.0 Å². The molecule has 0 N–H and O–H groups in total. The van der Waals surface area contributed by atoms with Crippen molar-refractivity contribution in [1.82, 2.24) is 29.2 Å². The molecule has 0 atom stereocenters. The summed E-state index contributed by atoms with van der Waals surface area (Å²) in [5.41, 5.74) is 1.74. The highest BCUT2D eigenvalue weighted by atomic mass is 79.9. The lowest BCUT2D eigenvalue weighted by molar-refractivity contribution is -0.0983. The van der Waals surface area contributed by atoms with E-state index < -0.39 is 18.1 Å². The first-order valence-electron chi connectivity index (χ1n) is 10.9. The molecule has 0 amide bonds. The SMILES string of the molecule is O=c1n(Cc2ccc(-c3nnc(C(F)F)o3)cn2)c2cc(F)c(Br)cc2n1C1CN(C2COC2)C1. The van der Waals surface area contributed by atoms with Crippen LogP contribution in [0.15, 0.2) is 44.1 Å². The normalized spacial score (nSPS) is 17.3. The predicted molar refractivity (Wildman–Crippen MR) is 121 cm³/mol. The van der Waals surface area contributed by atoms with E-state index in [1.54, 1.807) is 22.8 Å². The molecule has 0 saturated carbocycles. The number of alkyl halides is 2. The molecule has 2 saturated heterocycles. The topological polar surface area (TPSA) is 91.2 Å². The number of aromatic nitrogens is 5. The fourth-order valence-corrected chi connectivity index (χ4v) is 4.74. The van der Waals surface area contributed by atoms with Crippen molar-refractivity contribution in [3.63, 3.8) is 0 Å². The number of ether oxygens (including phenoxy) is 1. The number of likely N-dealkylation sites (tertiary alicyclic amines) is 1. The van der Waals surface area contributed by atoms with Crippen LogP contribution in [-0.2, 0) is 11.3 Å². The Labute approximate surface area is 204 Å². The molecule has 5 heterocycles. The largest absolute Gasteiger partial charge is 0.415 e. The summed E-state index contributed by atoms with van der Waals surface area (Å²) < 4.78 is 53.6. The highest BCUT2D eigenvalue weighted by Crippen LogP contribution is 2.31. The van der Waals surface area contributed by atoms with Crippen molar-refractivity contribution in [2.45, 2.75) is 25.1 Å². The summed E-state index contributed by atoms with van der Waals surface area (Å²) in [5.74, 6) is -1.32. The first-order chi connectivity index (χ1) is 16.9. The fourth-order valence-electron chi connectivity index (χ4n) is 4.41. The third kappa shape index (κ3) is 3.87. The molecule has 9 nitrogen and oxygen atoms in total. The van der Waals surface area contributed by atoms with Crippen molar-refractivity contribution in [3.05, 3.63) is 62.8 Å². The van der Waals surface area contributed by atoms with Crippen molar-refractivity contribution in [1.29, 1.82) is 0 Å². The van der Waals surface area contributed by atoms with Gasteiger partial charge in [-0.3, -0.25) is 19.0 Å². The number of rotatable bonds is 6. The minimum absolute atomic E-state index is 0.0268. The van der Waals surface area contributed by atoms with E-state index in [0.29, 0.717) is 41.5 Å². The van der Waals surface area contributed by atoms with E-state index in [4.69, 9.17) is 9.15 Å². The van der Waals surface area contributed by atoms with E-state index in [-0.39, 0.29) is 28.6 Å². The van der Waals surface area contributed by atoms with Crippen LogP contribution in [0.3, 0.4) is 0 Å². The highest BCUT2D eigenvalue weighted by Gasteiger charge is 2.38. The van der Waals surface area contributed by atoms with Gasteiger partial charge in [0.2, 0.25) is 5.89 Å². The van der Waals surface area contributed by atoms with Gasteiger partial charge in [0, 0.05) is 25.4 Å². The van der Waals surface area contributed by atoms with Crippen LogP contribution in [0.1, 0.15) is 24.1 Å². The molecular weight excluding hydrogens is 533 g/mol. The second kappa shape index (κ2) is 8.57. The van der Waals surface area contributed by atoms with Gasteiger partial charge in [-0.05, 0) is 34.1 Å². The average Bonchev–Trinajstić information content (AvgIpc) is 3.36. The van der Waals surface area contributed by atoms with Gasteiger partial charge in [-0.1, -0.05) is 0 Å². The maximum absolute atomic E-state index is 14.4. The van der Waals surface area contributed by atoms with Crippen LogP contribution in [0, 0.1) is 5.82 Å². The molecule has 0 bridgehead atoms. The lowest BCUT2D eigenvalue weighted by Gasteiger charge is -2.47. The molecule has 13 heteroatoms. The second-order valence-electron chi connectivity index (χ2n) is 8.58. The molecule has 2 aliphatic rings. The van der Waals surface area contributed by atoms with Gasteiger partial charge in [0.1, 0.15) is 5.82 Å². The van der Waals surface area contributed by atoms with Crippen molar-refractivity contribution < 1.29 is 22.3 Å². The lowest BCUT2D eigenvalue weighted by Crippen LogP contribution is -2.60. The molecule has 6 rings (SSSR count). The van der Waals surface area contributed by atoms with Crippen LogP contribution in [0.2, 0.25) is 0 Å². The Morgan fingerprint density at radius 1 is 1.11 bits per heavy atom. The van der Waals surface area contributed by atoms with E-state index >= 15 is 0 Å². The Morgan fingerprint density at radius 2 is 1.91 bits per heavy atom. The van der Waals surface area contributed by atoms with Crippen LogP contribution in [0.4, 0.5) is 13.2 Å². The quantitative estimate of drug-likeness (QED) is 0.363. The van der Waals surface area contributed by atoms with Gasteiger partial charge in [0.15, 0.2) is 0 Å². The van der Waals surface area contributed by atoms with Crippen LogP contribution in [0.5, 0.6) is 0 Å². The monoisotopic (exact) mass is 550 g/mol. The van der Waals surface area contributed by atoms with E-state index in [1.165, 1.54) is 16.8 Å². The lowest BCUT2D eigenvalue weighted by atomic mass is 10.0. The second-order valence-corrected chi connectivity index (χ2v) is 9.43. The summed E-state index contributed by atoms with van der Waals surface area (Å²) in [6.07, 6.45) is -1.46. The van der Waals surface area contributed by atoms with Crippen LogP contribution >= 0.6 is 15.9 Å². The zero-order chi connectivity index (χ0) is 24.3. The maximum atomic E-state index is 14.4. The molecule has 182 valence electrons. The molecule has 0 radical (unpaired) electrons. The molecule has 0 aliphatic carbocycles. The molecular formula is C22H18BrF3N6O3. The molecule has 4 aromatic rings. The Bertz CT molecular complexity index is 1460. The number of benzene rings is 1. The summed E-state index contributed by atoms with van der Waals surface area (Å²) in [7, 11) is 0. The molecule has 3 aromatic heterocycles. The third-order valence-electron chi connectivity index (χ3n) is 6.42. The minimum Gasteiger partial charge on any atom is -0.415 e. The van der Waals surface area contributed by atoms with Crippen molar-refractivity contribution in [3.8, 4) is 11.5 Å². The zero-order valence-corrected chi connectivity index (χ0v) is 19.7. The van der Waals surface area contributed by atoms with Crippen molar-refractivity contribution in [2.24, 2.45) is 0 Å². The average molecular weight is 551 g/mol. The molecule has 0 spiro atoms. The van der Waals surface area contributed by atoms with Gasteiger partial charge in [-0.25, -0.2) is 9.18 Å². The van der Waals surface area contributed by atoms with Crippen LogP contribution < -0.4 is 5.69 Å². The Hall–Kier alpha value is -3.03. The summed E-state index contributed by atoms with van der Waals surface area (Å²) in [6, 6.07) is 6.56. The Balaban J connectivity index is 1.31. The van der Waals surface area contributed by atoms with Crippen LogP contribution in [0.25, 0.3) is 22.5 Å². The first kappa shape index (κ1) is 22.4. The number of halogens is 4. The van der Waals surface area contributed by atoms with Gasteiger partial charge < -0.3 is 9.15 Å². The van der Waals surface area contributed by atoms with Crippen LogP contribution in [-0.4, -0.2) is 61.6 Å². The predicted octanol–water partition coefficient (Wildman–Crippen LogP) is 3.39. The van der Waals surface area contributed by atoms with Gasteiger partial charge in [-0.15, -0.1) is 10.2 Å². The standard InChI is InChI=1S/C22H18BrF3N6O3/c23-15-3-18-17(4-16(15)24)31(22(33)32(18)13-7-30(8-13)14-9-34-10-14)6-12-2-1-11(5-27-12)20-28-29-21(35-20)19(25)26/h1-5,13-14,19H,6-10H2. The maximum Gasteiger partial charge on any atom is 0.329 e. The summed E-state index contributed by atoms with van der Waals surface area (Å²) in [6.45, 7) is 2.95. The molecule has 0 unspecified atom stereocenters. The number of fused-ring (bicyclic) bond motifs is 1. The molecule has 2 aliphatic heterocycles. The van der Waals surface area contributed by atoms with E-state index in [2.05, 4.69) is 36.0 Å². The molecule has 2 fully saturated rings. The zero-order valence-electron chi connectivity index (χ0n) is 18.1. The van der Waals surface area contributed by atoms with Gasteiger partial charge in [-0.2, -0.15) is 8.78 Å². The van der Waals surface area contributed by atoms with Gasteiger partial charge in [0.05, 0.1) is 58.6 Å².